The minimum absolute atomic E-state index is 0.741. The van der Waals surface area contributed by atoms with Gasteiger partial charge in [-0.2, -0.15) is 0 Å². The van der Waals surface area contributed by atoms with E-state index in [9.17, 15) is 0 Å². The Bertz CT molecular complexity index is 298. The topological polar surface area (TPSA) is 9.23 Å². The van der Waals surface area contributed by atoms with Gasteiger partial charge < -0.3 is 4.74 Å². The van der Waals surface area contributed by atoms with Crippen LogP contribution in [0.4, 0.5) is 0 Å². The van der Waals surface area contributed by atoms with Crippen molar-refractivity contribution in [3.63, 3.8) is 0 Å². The van der Waals surface area contributed by atoms with Crippen LogP contribution in [0.3, 0.4) is 0 Å². The normalized spacial score (nSPS) is 14.3. The summed E-state index contributed by atoms with van der Waals surface area (Å²) in [5.41, 5.74) is 1.98. The Kier molecular flexibility index (Phi) is 1.68. The fourth-order valence-corrected chi connectivity index (χ4v) is 1.73. The maximum Gasteiger partial charge on any atom is 0.136 e. The third kappa shape index (κ3) is 1.08. The molecule has 0 saturated heterocycles. The fraction of sp³-hybridized carbons (Fsp3) is 0.250. The van der Waals surface area contributed by atoms with Crippen LogP contribution in [0.25, 0.3) is 0 Å². The zero-order valence-electron chi connectivity index (χ0n) is 5.93. The van der Waals surface area contributed by atoms with Gasteiger partial charge in [-0.1, -0.05) is 17.6 Å². The molecular weight excluding hydrogens is 203 g/mol. The molecule has 0 spiro atoms. The lowest BCUT2D eigenvalue weighted by Crippen LogP contribution is -2.04. The summed E-state index contributed by atoms with van der Waals surface area (Å²) >= 11 is 3.38. The average Bonchev–Trinajstić information content (AvgIpc) is 2.45. The highest BCUT2D eigenvalue weighted by atomic mass is 79.9. The predicted molar refractivity (Wildman–Crippen MR) is 48.7 cm³/mol. The molecule has 0 aliphatic carbocycles. The van der Waals surface area contributed by atoms with E-state index in [2.05, 4.69) is 15.9 Å². The summed E-state index contributed by atoms with van der Waals surface area (Å²) in [5.74, 6) is 0.921. The van der Waals surface area contributed by atoms with Crippen LogP contribution in [0.5, 0.6) is 5.75 Å². The highest BCUT2D eigenvalue weighted by molar-refractivity contribution is 9.10. The molecule has 54 valence electrons. The predicted octanol–water partition coefficient (Wildman–Crippen LogP) is 1.18. The second-order valence-electron chi connectivity index (χ2n) is 2.56. The Morgan fingerprint density at radius 2 is 2.27 bits per heavy atom. The number of fused-ring (bicyclic) bond motifs is 1. The molecule has 0 amide bonds. The second kappa shape index (κ2) is 2.56. The first kappa shape index (κ1) is 7.23. The van der Waals surface area contributed by atoms with Crippen molar-refractivity contribution in [2.75, 3.05) is 6.61 Å². The van der Waals surface area contributed by atoms with Crippen LogP contribution in [0.2, 0.25) is 0 Å². The van der Waals surface area contributed by atoms with Crippen molar-refractivity contribution in [3.05, 3.63) is 22.2 Å². The average molecular weight is 209 g/mol. The lowest BCUT2D eigenvalue weighted by Gasteiger charge is -2.04. The SMILES string of the molecule is [B]c1ccc2c(c1Br)OCC2. The molecule has 0 fully saturated rings. The van der Waals surface area contributed by atoms with Crippen LogP contribution in [-0.2, 0) is 6.42 Å². The van der Waals surface area contributed by atoms with Gasteiger partial charge in [-0.3, -0.25) is 0 Å². The van der Waals surface area contributed by atoms with Gasteiger partial charge in [0.15, 0.2) is 0 Å². The summed E-state index contributed by atoms with van der Waals surface area (Å²) in [6.45, 7) is 0.775. The van der Waals surface area contributed by atoms with Crippen molar-refractivity contribution >= 4 is 29.2 Å². The van der Waals surface area contributed by atoms with Gasteiger partial charge in [0.1, 0.15) is 13.6 Å². The summed E-state index contributed by atoms with van der Waals surface area (Å²) in [4.78, 5) is 0. The van der Waals surface area contributed by atoms with Gasteiger partial charge in [-0.25, -0.2) is 0 Å². The molecule has 0 bridgehead atoms. The van der Waals surface area contributed by atoms with Crippen molar-refractivity contribution in [1.29, 1.82) is 0 Å². The molecule has 2 radical (unpaired) electrons. The van der Waals surface area contributed by atoms with Crippen LogP contribution in [0, 0.1) is 0 Å². The maximum absolute atomic E-state index is 5.67. The van der Waals surface area contributed by atoms with E-state index in [0.29, 0.717) is 0 Å². The van der Waals surface area contributed by atoms with Crippen LogP contribution in [0.15, 0.2) is 16.6 Å². The van der Waals surface area contributed by atoms with Gasteiger partial charge in [0.25, 0.3) is 0 Å². The van der Waals surface area contributed by atoms with Crippen molar-refractivity contribution in [2.45, 2.75) is 6.42 Å². The number of rotatable bonds is 0. The Hall–Kier alpha value is -0.435. The van der Waals surface area contributed by atoms with Crippen LogP contribution >= 0.6 is 15.9 Å². The van der Waals surface area contributed by atoms with Gasteiger partial charge in [0.2, 0.25) is 0 Å². The third-order valence-electron chi connectivity index (χ3n) is 1.83. The zero-order chi connectivity index (χ0) is 7.84. The van der Waals surface area contributed by atoms with E-state index < -0.39 is 0 Å². The number of halogens is 1. The molecule has 1 nitrogen and oxygen atoms in total. The van der Waals surface area contributed by atoms with E-state index in [1.165, 1.54) is 5.56 Å². The fourth-order valence-electron chi connectivity index (χ4n) is 1.23. The Balaban J connectivity index is 2.62. The van der Waals surface area contributed by atoms with Gasteiger partial charge in [0, 0.05) is 6.42 Å². The summed E-state index contributed by atoms with van der Waals surface area (Å²) in [6.07, 6.45) is 0.994. The minimum Gasteiger partial charge on any atom is -0.492 e. The molecule has 0 unspecified atom stereocenters. The number of ether oxygens (including phenoxy) is 1. The Labute approximate surface area is 75.3 Å². The Morgan fingerprint density at radius 3 is 3.09 bits per heavy atom. The van der Waals surface area contributed by atoms with Crippen molar-refractivity contribution in [2.24, 2.45) is 0 Å². The molecule has 1 aliphatic rings. The van der Waals surface area contributed by atoms with Gasteiger partial charge in [-0.15, -0.1) is 0 Å². The number of hydrogen-bond acceptors (Lipinski definition) is 1. The molecule has 1 aliphatic heterocycles. The molecule has 0 N–H and O–H groups in total. The van der Waals surface area contributed by atoms with Crippen LogP contribution < -0.4 is 10.2 Å². The summed E-state index contributed by atoms with van der Waals surface area (Å²) in [5, 5.41) is 0. The standard InChI is InChI=1S/C8H6BBrO/c9-6-2-1-5-3-4-11-8(5)7(6)10/h1-2H,3-4H2. The van der Waals surface area contributed by atoms with Crippen molar-refractivity contribution in [3.8, 4) is 5.75 Å². The lowest BCUT2D eigenvalue weighted by molar-refractivity contribution is 0.355. The first-order chi connectivity index (χ1) is 5.29. The minimum atomic E-state index is 0.741. The van der Waals surface area contributed by atoms with E-state index in [1.54, 1.807) is 0 Å². The number of benzene rings is 1. The molecule has 1 heterocycles. The monoisotopic (exact) mass is 208 g/mol. The smallest absolute Gasteiger partial charge is 0.136 e. The van der Waals surface area contributed by atoms with E-state index in [1.807, 2.05) is 12.1 Å². The van der Waals surface area contributed by atoms with Gasteiger partial charge >= 0.3 is 0 Å². The van der Waals surface area contributed by atoms with E-state index >= 15 is 0 Å². The van der Waals surface area contributed by atoms with Crippen LogP contribution in [-0.4, -0.2) is 14.5 Å². The molecule has 1 aromatic rings. The molecule has 1 aromatic carbocycles. The van der Waals surface area contributed by atoms with E-state index in [0.717, 1.165) is 28.7 Å². The highest BCUT2D eigenvalue weighted by Crippen LogP contribution is 2.31. The van der Waals surface area contributed by atoms with Gasteiger partial charge in [0.05, 0.1) is 11.1 Å². The van der Waals surface area contributed by atoms with E-state index in [-0.39, 0.29) is 0 Å². The third-order valence-corrected chi connectivity index (χ3v) is 2.64. The van der Waals surface area contributed by atoms with Crippen molar-refractivity contribution < 1.29 is 4.74 Å². The maximum atomic E-state index is 5.67. The number of hydrogen-bond donors (Lipinski definition) is 0. The first-order valence-corrected chi connectivity index (χ1v) is 4.28. The largest absolute Gasteiger partial charge is 0.492 e. The van der Waals surface area contributed by atoms with Gasteiger partial charge in [-0.05, 0) is 21.5 Å². The lowest BCUT2D eigenvalue weighted by atomic mass is 9.94. The Morgan fingerprint density at radius 1 is 1.45 bits per heavy atom. The van der Waals surface area contributed by atoms with E-state index in [4.69, 9.17) is 12.6 Å². The summed E-state index contributed by atoms with van der Waals surface area (Å²) < 4.78 is 6.28. The van der Waals surface area contributed by atoms with Crippen LogP contribution in [0.1, 0.15) is 5.56 Å². The quantitative estimate of drug-likeness (QED) is 0.582. The molecule has 0 saturated carbocycles. The molecule has 3 heteroatoms. The van der Waals surface area contributed by atoms with Crippen molar-refractivity contribution in [1.82, 2.24) is 0 Å². The molecule has 2 rings (SSSR count). The molecule has 0 atom stereocenters. The zero-order valence-corrected chi connectivity index (χ0v) is 7.52. The molecular formula is C8H6BBrO. The summed E-state index contributed by atoms with van der Waals surface area (Å²) in [7, 11) is 5.67. The first-order valence-electron chi connectivity index (χ1n) is 3.48. The molecule has 11 heavy (non-hydrogen) atoms. The molecule has 0 aromatic heterocycles. The summed E-state index contributed by atoms with van der Waals surface area (Å²) in [6, 6.07) is 3.92. The highest BCUT2D eigenvalue weighted by Gasteiger charge is 2.15. The second-order valence-corrected chi connectivity index (χ2v) is 3.35.